The van der Waals surface area contributed by atoms with Crippen molar-refractivity contribution in [2.45, 2.75) is 12.5 Å². The van der Waals surface area contributed by atoms with Crippen LogP contribution in [0.15, 0.2) is 33.4 Å². The van der Waals surface area contributed by atoms with Gasteiger partial charge in [0.05, 0.1) is 3.79 Å². The third-order valence-electron chi connectivity index (χ3n) is 2.46. The van der Waals surface area contributed by atoms with Gasteiger partial charge in [-0.2, -0.15) is 0 Å². The minimum absolute atomic E-state index is 0.284. The average molecular weight is 318 g/mol. The quantitative estimate of drug-likeness (QED) is 0.908. The van der Waals surface area contributed by atoms with E-state index < -0.39 is 11.6 Å². The number of hydrogen-bond donors (Lipinski definition) is 1. The van der Waals surface area contributed by atoms with Gasteiger partial charge in [-0.3, -0.25) is 0 Å². The second kappa shape index (κ2) is 5.25. The van der Waals surface area contributed by atoms with E-state index in [0.717, 1.165) is 21.5 Å². The molecule has 0 aliphatic rings. The molecule has 5 heteroatoms. The highest BCUT2D eigenvalue weighted by atomic mass is 79.9. The van der Waals surface area contributed by atoms with Gasteiger partial charge in [-0.15, -0.1) is 11.3 Å². The molecule has 1 heterocycles. The van der Waals surface area contributed by atoms with E-state index in [2.05, 4.69) is 15.9 Å². The van der Waals surface area contributed by atoms with Crippen LogP contribution in [0, 0.1) is 11.6 Å². The Labute approximate surface area is 110 Å². The Balaban J connectivity index is 2.18. The first-order valence-electron chi connectivity index (χ1n) is 4.99. The van der Waals surface area contributed by atoms with Crippen LogP contribution in [-0.4, -0.2) is 0 Å². The summed E-state index contributed by atoms with van der Waals surface area (Å²) >= 11 is 4.86. The Morgan fingerprint density at radius 3 is 2.71 bits per heavy atom. The Morgan fingerprint density at radius 2 is 2.06 bits per heavy atom. The summed E-state index contributed by atoms with van der Waals surface area (Å²) in [4.78, 5) is 0. The van der Waals surface area contributed by atoms with Crippen LogP contribution in [0.4, 0.5) is 8.78 Å². The topological polar surface area (TPSA) is 26.0 Å². The number of hydrogen-bond acceptors (Lipinski definition) is 2. The van der Waals surface area contributed by atoms with Crippen LogP contribution in [0.1, 0.15) is 17.2 Å². The number of benzene rings is 1. The minimum Gasteiger partial charge on any atom is -0.324 e. The number of nitrogens with two attached hydrogens (primary N) is 1. The largest absolute Gasteiger partial charge is 0.324 e. The summed E-state index contributed by atoms with van der Waals surface area (Å²) in [5, 5.41) is 1.91. The highest BCUT2D eigenvalue weighted by molar-refractivity contribution is 9.11. The SMILES string of the molecule is NC(Cc1cc(F)ccc1F)c1csc(Br)c1. The van der Waals surface area contributed by atoms with Crippen molar-refractivity contribution in [2.24, 2.45) is 5.73 Å². The Hall–Kier alpha value is -0.780. The molecule has 90 valence electrons. The molecule has 1 atom stereocenters. The summed E-state index contributed by atoms with van der Waals surface area (Å²) in [7, 11) is 0. The van der Waals surface area contributed by atoms with Crippen LogP contribution < -0.4 is 5.73 Å². The lowest BCUT2D eigenvalue weighted by Crippen LogP contribution is -2.13. The van der Waals surface area contributed by atoms with E-state index in [4.69, 9.17) is 5.73 Å². The van der Waals surface area contributed by atoms with Gasteiger partial charge in [0.25, 0.3) is 0 Å². The van der Waals surface area contributed by atoms with E-state index in [0.29, 0.717) is 5.56 Å². The fraction of sp³-hybridized carbons (Fsp3) is 0.167. The molecule has 2 rings (SSSR count). The molecule has 17 heavy (non-hydrogen) atoms. The van der Waals surface area contributed by atoms with Crippen LogP contribution in [0.3, 0.4) is 0 Å². The maximum Gasteiger partial charge on any atom is 0.126 e. The zero-order valence-corrected chi connectivity index (χ0v) is 11.2. The molecule has 0 radical (unpaired) electrons. The smallest absolute Gasteiger partial charge is 0.126 e. The second-order valence-electron chi connectivity index (χ2n) is 3.73. The van der Waals surface area contributed by atoms with Crippen molar-refractivity contribution < 1.29 is 8.78 Å². The molecule has 0 saturated heterocycles. The molecule has 0 fully saturated rings. The van der Waals surface area contributed by atoms with Crippen molar-refractivity contribution in [3.8, 4) is 0 Å². The molecular formula is C12H10BrF2NS. The third-order valence-corrected chi connectivity index (χ3v) is 3.99. The molecule has 0 aliphatic heterocycles. The summed E-state index contributed by atoms with van der Waals surface area (Å²) < 4.78 is 27.4. The van der Waals surface area contributed by atoms with E-state index in [1.165, 1.54) is 17.4 Å². The summed E-state index contributed by atoms with van der Waals surface area (Å²) in [6, 6.07) is 4.99. The molecule has 2 aromatic rings. The molecule has 0 saturated carbocycles. The summed E-state index contributed by atoms with van der Waals surface area (Å²) in [6.45, 7) is 0. The monoisotopic (exact) mass is 317 g/mol. The molecule has 0 aliphatic carbocycles. The lowest BCUT2D eigenvalue weighted by Gasteiger charge is -2.10. The Kier molecular flexibility index (Phi) is 3.91. The maximum atomic E-state index is 13.4. The van der Waals surface area contributed by atoms with Crippen molar-refractivity contribution >= 4 is 27.3 Å². The summed E-state index contributed by atoms with van der Waals surface area (Å²) in [5.41, 5.74) is 7.18. The second-order valence-corrected chi connectivity index (χ2v) is 6.02. The fourth-order valence-electron chi connectivity index (χ4n) is 1.57. The molecule has 1 unspecified atom stereocenters. The molecular weight excluding hydrogens is 308 g/mol. The first-order valence-corrected chi connectivity index (χ1v) is 6.67. The lowest BCUT2D eigenvalue weighted by atomic mass is 10.0. The van der Waals surface area contributed by atoms with Gasteiger partial charge in [0.15, 0.2) is 0 Å². The van der Waals surface area contributed by atoms with Gasteiger partial charge in [0.1, 0.15) is 11.6 Å². The van der Waals surface area contributed by atoms with Gasteiger partial charge < -0.3 is 5.73 Å². The van der Waals surface area contributed by atoms with Crippen molar-refractivity contribution in [2.75, 3.05) is 0 Å². The predicted octanol–water partition coefficient (Wildman–Crippen LogP) is 4.03. The van der Waals surface area contributed by atoms with Crippen LogP contribution in [0.5, 0.6) is 0 Å². The standard InChI is InChI=1S/C12H10BrF2NS/c13-12-5-8(6-17-12)11(16)4-7-3-9(14)1-2-10(7)15/h1-3,5-6,11H,4,16H2. The summed E-state index contributed by atoms with van der Waals surface area (Å²) in [6.07, 6.45) is 0.284. The molecule has 0 bridgehead atoms. The van der Waals surface area contributed by atoms with Crippen LogP contribution in [0.25, 0.3) is 0 Å². The first-order chi connectivity index (χ1) is 8.06. The molecule has 0 amide bonds. The molecule has 0 spiro atoms. The predicted molar refractivity (Wildman–Crippen MR) is 69.0 cm³/mol. The van der Waals surface area contributed by atoms with E-state index in [1.54, 1.807) is 0 Å². The maximum absolute atomic E-state index is 13.4. The van der Waals surface area contributed by atoms with Gasteiger partial charge in [0.2, 0.25) is 0 Å². The van der Waals surface area contributed by atoms with Gasteiger partial charge in [0, 0.05) is 6.04 Å². The average Bonchev–Trinajstić information content (AvgIpc) is 2.70. The Morgan fingerprint density at radius 1 is 1.29 bits per heavy atom. The molecule has 2 N–H and O–H groups in total. The Bertz CT molecular complexity index is 527. The van der Waals surface area contributed by atoms with Gasteiger partial charge in [-0.1, -0.05) is 0 Å². The normalized spacial score (nSPS) is 12.7. The van der Waals surface area contributed by atoms with Gasteiger partial charge >= 0.3 is 0 Å². The number of thiophene rings is 1. The van der Waals surface area contributed by atoms with E-state index in [1.807, 2.05) is 11.4 Å². The number of halogens is 3. The zero-order valence-electron chi connectivity index (χ0n) is 8.79. The van der Waals surface area contributed by atoms with Crippen molar-refractivity contribution in [1.82, 2.24) is 0 Å². The van der Waals surface area contributed by atoms with Crippen LogP contribution in [0.2, 0.25) is 0 Å². The fourth-order valence-corrected chi connectivity index (χ4v) is 2.81. The van der Waals surface area contributed by atoms with Gasteiger partial charge in [-0.05, 0) is 63.1 Å². The lowest BCUT2D eigenvalue weighted by molar-refractivity contribution is 0.573. The minimum atomic E-state index is -0.444. The van der Waals surface area contributed by atoms with Gasteiger partial charge in [-0.25, -0.2) is 8.78 Å². The molecule has 1 nitrogen and oxygen atoms in total. The molecule has 1 aromatic heterocycles. The molecule has 1 aromatic carbocycles. The first kappa shape index (κ1) is 12.7. The van der Waals surface area contributed by atoms with Crippen LogP contribution in [-0.2, 0) is 6.42 Å². The van der Waals surface area contributed by atoms with E-state index >= 15 is 0 Å². The third kappa shape index (κ3) is 3.12. The number of rotatable bonds is 3. The van der Waals surface area contributed by atoms with E-state index in [9.17, 15) is 8.78 Å². The van der Waals surface area contributed by atoms with Crippen molar-refractivity contribution in [3.05, 3.63) is 56.2 Å². The van der Waals surface area contributed by atoms with E-state index in [-0.39, 0.29) is 12.5 Å². The van der Waals surface area contributed by atoms with Crippen molar-refractivity contribution in [1.29, 1.82) is 0 Å². The van der Waals surface area contributed by atoms with Crippen LogP contribution >= 0.6 is 27.3 Å². The van der Waals surface area contributed by atoms with Crippen molar-refractivity contribution in [3.63, 3.8) is 0 Å². The summed E-state index contributed by atoms with van der Waals surface area (Å²) in [5.74, 6) is -0.865. The highest BCUT2D eigenvalue weighted by Gasteiger charge is 2.12. The zero-order chi connectivity index (χ0) is 12.4. The highest BCUT2D eigenvalue weighted by Crippen LogP contribution is 2.26.